The number of nitrogens with zero attached hydrogens (tertiary/aromatic N) is 2. The summed E-state index contributed by atoms with van der Waals surface area (Å²) in [6.07, 6.45) is 3.25. The molecule has 1 aromatic rings. The normalized spacial score (nSPS) is 18.0. The van der Waals surface area contributed by atoms with Crippen LogP contribution in [0.15, 0.2) is 35.3 Å². The minimum atomic E-state index is 0. The summed E-state index contributed by atoms with van der Waals surface area (Å²) in [4.78, 5) is 6.93. The largest absolute Gasteiger partial charge is 0.382 e. The van der Waals surface area contributed by atoms with Crippen LogP contribution in [-0.4, -0.2) is 70.0 Å². The van der Waals surface area contributed by atoms with Gasteiger partial charge in [-0.15, -0.1) is 24.0 Å². The minimum Gasteiger partial charge on any atom is -0.382 e. The average Bonchev–Trinajstić information content (AvgIpc) is 3.25. The molecule has 2 unspecified atom stereocenters. The Morgan fingerprint density at radius 3 is 2.55 bits per heavy atom. The molecule has 0 aromatic heterocycles. The Bertz CT molecular complexity index is 625. The highest BCUT2D eigenvalue weighted by molar-refractivity contribution is 14.0. The third-order valence-corrected chi connectivity index (χ3v) is 6.34. The first-order chi connectivity index (χ1) is 14.6. The van der Waals surface area contributed by atoms with Crippen LogP contribution < -0.4 is 10.6 Å². The van der Waals surface area contributed by atoms with Crippen LogP contribution in [0.2, 0.25) is 0 Å². The molecule has 1 saturated heterocycles. The first-order valence-corrected chi connectivity index (χ1v) is 11.4. The van der Waals surface area contributed by atoms with E-state index in [-0.39, 0.29) is 29.5 Å². The number of benzene rings is 1. The summed E-state index contributed by atoms with van der Waals surface area (Å²) >= 11 is 0. The molecule has 0 radical (unpaired) electrons. The van der Waals surface area contributed by atoms with Gasteiger partial charge >= 0.3 is 0 Å². The van der Waals surface area contributed by atoms with Gasteiger partial charge in [0.1, 0.15) is 0 Å². The summed E-state index contributed by atoms with van der Waals surface area (Å²) < 4.78 is 10.8. The van der Waals surface area contributed by atoms with Gasteiger partial charge < -0.3 is 25.0 Å². The average molecular weight is 547 g/mol. The van der Waals surface area contributed by atoms with Crippen LogP contribution >= 0.6 is 24.0 Å². The summed E-state index contributed by atoms with van der Waals surface area (Å²) in [6, 6.07) is 11.0. The maximum Gasteiger partial charge on any atom is 0.193 e. The molecule has 31 heavy (non-hydrogen) atoms. The molecule has 178 valence electrons. The second-order valence-electron chi connectivity index (χ2n) is 8.33. The Labute approximate surface area is 206 Å². The molecule has 1 fully saturated rings. The first-order valence-electron chi connectivity index (χ1n) is 11.4. The van der Waals surface area contributed by atoms with E-state index in [1.807, 2.05) is 7.05 Å². The zero-order valence-corrected chi connectivity index (χ0v) is 22.4. The van der Waals surface area contributed by atoms with Gasteiger partial charge in [-0.25, -0.2) is 0 Å². The van der Waals surface area contributed by atoms with Crippen molar-refractivity contribution in [2.24, 2.45) is 10.9 Å². The van der Waals surface area contributed by atoms with E-state index in [2.05, 4.69) is 71.6 Å². The molecule has 0 aliphatic carbocycles. The number of likely N-dealkylation sites (tertiary alicyclic amines) is 1. The fraction of sp³-hybridized carbons (Fsp3) is 0.708. The van der Waals surface area contributed by atoms with E-state index in [1.165, 1.54) is 5.56 Å². The van der Waals surface area contributed by atoms with Gasteiger partial charge in [0.2, 0.25) is 0 Å². The van der Waals surface area contributed by atoms with Crippen molar-refractivity contribution in [2.75, 3.05) is 53.6 Å². The lowest BCUT2D eigenvalue weighted by molar-refractivity contribution is 0.0536. The van der Waals surface area contributed by atoms with Crippen LogP contribution in [0, 0.1) is 5.92 Å². The number of hydrogen-bond donors (Lipinski definition) is 2. The maximum absolute atomic E-state index is 5.73. The number of ether oxygens (including phenoxy) is 2. The zero-order chi connectivity index (χ0) is 21.8. The lowest BCUT2D eigenvalue weighted by Crippen LogP contribution is -2.55. The van der Waals surface area contributed by atoms with Crippen LogP contribution in [0.4, 0.5) is 0 Å². The second-order valence-corrected chi connectivity index (χ2v) is 8.33. The number of rotatable bonds is 12. The number of hydrogen-bond acceptors (Lipinski definition) is 4. The monoisotopic (exact) mass is 546 g/mol. The standard InChI is InChI=1S/C24H42N4O2.HI/c1-6-24(7-2,27-20(3)22-11-9-8-10-12-22)19-26-23(25-4)28-14-13-21(17-28)18-30-16-15-29-5;/h8-12,20-21,27H,6-7,13-19H2,1-5H3,(H,25,26);1H. The van der Waals surface area contributed by atoms with Gasteiger partial charge in [0, 0.05) is 51.3 Å². The molecule has 2 rings (SSSR count). The van der Waals surface area contributed by atoms with Crippen molar-refractivity contribution in [3.63, 3.8) is 0 Å². The number of halogens is 1. The van der Waals surface area contributed by atoms with E-state index in [9.17, 15) is 0 Å². The zero-order valence-electron chi connectivity index (χ0n) is 20.0. The van der Waals surface area contributed by atoms with E-state index in [4.69, 9.17) is 9.47 Å². The second kappa shape index (κ2) is 15.0. The molecule has 6 nitrogen and oxygen atoms in total. The van der Waals surface area contributed by atoms with E-state index >= 15 is 0 Å². The summed E-state index contributed by atoms with van der Waals surface area (Å²) in [5.41, 5.74) is 1.34. The van der Waals surface area contributed by atoms with Crippen LogP contribution in [0.3, 0.4) is 0 Å². The fourth-order valence-corrected chi connectivity index (χ4v) is 4.17. The van der Waals surface area contributed by atoms with Gasteiger partial charge in [-0.05, 0) is 31.7 Å². The van der Waals surface area contributed by atoms with E-state index in [1.54, 1.807) is 7.11 Å². The summed E-state index contributed by atoms with van der Waals surface area (Å²) in [5, 5.41) is 7.56. The highest BCUT2D eigenvalue weighted by Crippen LogP contribution is 2.22. The SMILES string of the molecule is CCC(CC)(CNC(=NC)N1CCC(COCCOC)C1)NC(C)c1ccccc1.I. The fourth-order valence-electron chi connectivity index (χ4n) is 4.17. The lowest BCUT2D eigenvalue weighted by atomic mass is 9.90. The molecule has 1 aliphatic heterocycles. The Balaban J connectivity index is 0.00000480. The maximum atomic E-state index is 5.73. The quantitative estimate of drug-likeness (QED) is 0.179. The lowest BCUT2D eigenvalue weighted by Gasteiger charge is -2.37. The highest BCUT2D eigenvalue weighted by Gasteiger charge is 2.30. The van der Waals surface area contributed by atoms with Crippen molar-refractivity contribution < 1.29 is 9.47 Å². The molecule has 7 heteroatoms. The summed E-state index contributed by atoms with van der Waals surface area (Å²) in [6.45, 7) is 11.8. The van der Waals surface area contributed by atoms with Gasteiger partial charge in [-0.1, -0.05) is 44.2 Å². The molecule has 0 saturated carbocycles. The van der Waals surface area contributed by atoms with Crippen molar-refractivity contribution in [3.8, 4) is 0 Å². The van der Waals surface area contributed by atoms with Crippen molar-refractivity contribution in [1.82, 2.24) is 15.5 Å². The molecule has 1 aliphatic rings. The molecular formula is C24H43IN4O2. The van der Waals surface area contributed by atoms with Crippen molar-refractivity contribution >= 4 is 29.9 Å². The van der Waals surface area contributed by atoms with E-state index in [0.717, 1.165) is 51.5 Å². The number of guanidine groups is 1. The minimum absolute atomic E-state index is 0. The molecule has 0 amide bonds. The van der Waals surface area contributed by atoms with Crippen molar-refractivity contribution in [3.05, 3.63) is 35.9 Å². The van der Waals surface area contributed by atoms with Gasteiger partial charge in [0.05, 0.1) is 19.8 Å². The smallest absolute Gasteiger partial charge is 0.193 e. The topological polar surface area (TPSA) is 58.1 Å². The molecule has 2 N–H and O–H groups in total. The Morgan fingerprint density at radius 1 is 1.23 bits per heavy atom. The van der Waals surface area contributed by atoms with Gasteiger partial charge in [-0.2, -0.15) is 0 Å². The van der Waals surface area contributed by atoms with Gasteiger partial charge in [-0.3, -0.25) is 4.99 Å². The molecule has 1 heterocycles. The number of methoxy groups -OCH3 is 1. The molecule has 1 aromatic carbocycles. The predicted octanol–water partition coefficient (Wildman–Crippen LogP) is 4.07. The third-order valence-electron chi connectivity index (χ3n) is 6.34. The number of aliphatic imine (C=N–C) groups is 1. The van der Waals surface area contributed by atoms with Gasteiger partial charge in [0.25, 0.3) is 0 Å². The van der Waals surface area contributed by atoms with Crippen LogP contribution in [0.1, 0.15) is 51.6 Å². The van der Waals surface area contributed by atoms with Gasteiger partial charge in [0.15, 0.2) is 5.96 Å². The van der Waals surface area contributed by atoms with Crippen LogP contribution in [0.5, 0.6) is 0 Å². The van der Waals surface area contributed by atoms with Crippen molar-refractivity contribution in [2.45, 2.75) is 51.6 Å². The molecular weight excluding hydrogens is 503 g/mol. The third kappa shape index (κ3) is 8.86. The Hall–Kier alpha value is -0.900. The summed E-state index contributed by atoms with van der Waals surface area (Å²) in [7, 11) is 3.59. The highest BCUT2D eigenvalue weighted by atomic mass is 127. The van der Waals surface area contributed by atoms with Crippen molar-refractivity contribution in [1.29, 1.82) is 0 Å². The molecule has 0 bridgehead atoms. The molecule has 2 atom stereocenters. The van der Waals surface area contributed by atoms with Crippen LogP contribution in [0.25, 0.3) is 0 Å². The molecule has 0 spiro atoms. The first kappa shape index (κ1) is 28.1. The predicted molar refractivity (Wildman–Crippen MR) is 140 cm³/mol. The van der Waals surface area contributed by atoms with Crippen LogP contribution in [-0.2, 0) is 9.47 Å². The Kier molecular flexibility index (Phi) is 13.6. The number of nitrogens with one attached hydrogen (secondary N) is 2. The summed E-state index contributed by atoms with van der Waals surface area (Å²) in [5.74, 6) is 1.55. The van der Waals surface area contributed by atoms with E-state index < -0.39 is 0 Å². The van der Waals surface area contributed by atoms with E-state index in [0.29, 0.717) is 25.2 Å². The Morgan fingerprint density at radius 2 is 1.94 bits per heavy atom.